The number of H-pyrrole nitrogens is 1. The molecule has 3 aromatic carbocycles. The molecular weight excluding hydrogens is 477 g/mol. The predicted molar refractivity (Wildman–Crippen MR) is 150 cm³/mol. The SMILES string of the molecule is COC[C@H]1CN[C@H](c2nc3c(ccc4cc5c(cc43)OCc3cc(B4OC(C)(C)C(C)(C)O4)ccc3-5)[nH]2)C1. The van der Waals surface area contributed by atoms with Crippen molar-refractivity contribution in [3.63, 3.8) is 0 Å². The van der Waals surface area contributed by atoms with Gasteiger partial charge in [0.15, 0.2) is 0 Å². The standard InChI is InChI=1S/C30H34BN3O4/c1-29(2)30(3,4)38-31(37-29)20-7-8-21-19(11-20)16-36-26-13-22-18(12-23(21)26)6-9-24-27(22)34-28(33-24)25-10-17(14-32-25)15-35-5/h6-9,11-13,17,25,32H,10,14-16H2,1-5H3,(H,33,34)/t17-,25+/m1/s1. The molecule has 3 aliphatic rings. The van der Waals surface area contributed by atoms with Crippen molar-refractivity contribution in [2.45, 2.75) is 58.0 Å². The highest BCUT2D eigenvalue weighted by Gasteiger charge is 2.51. The Morgan fingerprint density at radius 1 is 1.03 bits per heavy atom. The number of rotatable bonds is 4. The zero-order valence-corrected chi connectivity index (χ0v) is 22.7. The minimum atomic E-state index is -0.385. The van der Waals surface area contributed by atoms with Crippen LogP contribution in [0.4, 0.5) is 0 Å². The average Bonchev–Trinajstić information content (AvgIpc) is 3.58. The molecule has 0 saturated carbocycles. The number of nitrogens with one attached hydrogen (secondary N) is 2. The summed E-state index contributed by atoms with van der Waals surface area (Å²) in [6, 6.07) is 15.4. The van der Waals surface area contributed by atoms with Crippen LogP contribution in [0.25, 0.3) is 32.9 Å². The topological polar surface area (TPSA) is 77.6 Å². The zero-order chi connectivity index (χ0) is 26.2. The van der Waals surface area contributed by atoms with Crippen molar-refractivity contribution in [1.29, 1.82) is 0 Å². The summed E-state index contributed by atoms with van der Waals surface area (Å²) in [6.07, 6.45) is 1.02. The lowest BCUT2D eigenvalue weighted by molar-refractivity contribution is 0.00578. The number of hydrogen-bond donors (Lipinski definition) is 2. The molecule has 4 heterocycles. The molecule has 7 nitrogen and oxygen atoms in total. The van der Waals surface area contributed by atoms with E-state index in [4.69, 9.17) is 23.8 Å². The van der Waals surface area contributed by atoms with Gasteiger partial charge in [-0.2, -0.15) is 0 Å². The fourth-order valence-electron chi connectivity index (χ4n) is 6.00. The summed E-state index contributed by atoms with van der Waals surface area (Å²) in [7, 11) is 1.38. The average molecular weight is 511 g/mol. The van der Waals surface area contributed by atoms with Crippen LogP contribution in [0.2, 0.25) is 0 Å². The van der Waals surface area contributed by atoms with Crippen molar-refractivity contribution in [1.82, 2.24) is 15.3 Å². The Labute approximate surface area is 223 Å². The van der Waals surface area contributed by atoms with Gasteiger partial charge >= 0.3 is 7.12 Å². The van der Waals surface area contributed by atoms with Gasteiger partial charge in [-0.3, -0.25) is 0 Å². The number of nitrogens with zero attached hydrogens (tertiary/aromatic N) is 1. The van der Waals surface area contributed by atoms with Crippen LogP contribution in [0, 0.1) is 5.92 Å². The third-order valence-electron chi connectivity index (χ3n) is 8.87. The van der Waals surface area contributed by atoms with Crippen LogP contribution < -0.4 is 15.5 Å². The van der Waals surface area contributed by atoms with Gasteiger partial charge in [-0.05, 0) is 80.2 Å². The first kappa shape index (κ1) is 24.2. The maximum Gasteiger partial charge on any atom is 0.494 e. The van der Waals surface area contributed by atoms with Crippen molar-refractivity contribution in [2.24, 2.45) is 5.92 Å². The summed E-state index contributed by atoms with van der Waals surface area (Å²) in [5.74, 6) is 2.40. The summed E-state index contributed by atoms with van der Waals surface area (Å²) in [6.45, 7) is 10.6. The van der Waals surface area contributed by atoms with Crippen molar-refractivity contribution in [3.05, 3.63) is 53.9 Å². The van der Waals surface area contributed by atoms with Crippen LogP contribution in [0.5, 0.6) is 5.75 Å². The van der Waals surface area contributed by atoms with Crippen molar-refractivity contribution in [2.75, 3.05) is 20.3 Å². The monoisotopic (exact) mass is 511 g/mol. The molecule has 1 aromatic heterocycles. The molecule has 2 fully saturated rings. The first-order chi connectivity index (χ1) is 18.2. The molecule has 3 aliphatic heterocycles. The van der Waals surface area contributed by atoms with E-state index in [1.54, 1.807) is 7.11 Å². The molecule has 0 bridgehead atoms. The van der Waals surface area contributed by atoms with E-state index in [1.165, 1.54) is 5.56 Å². The van der Waals surface area contributed by atoms with Crippen LogP contribution in [0.3, 0.4) is 0 Å². The lowest BCUT2D eigenvalue weighted by Crippen LogP contribution is -2.41. The Morgan fingerprint density at radius 3 is 2.63 bits per heavy atom. The van der Waals surface area contributed by atoms with Gasteiger partial charge in [-0.25, -0.2) is 4.98 Å². The van der Waals surface area contributed by atoms with E-state index in [9.17, 15) is 0 Å². The number of aromatic nitrogens is 2. The Kier molecular flexibility index (Phi) is 5.43. The molecule has 8 heteroatoms. The lowest BCUT2D eigenvalue weighted by atomic mass is 9.77. The Morgan fingerprint density at radius 2 is 1.84 bits per heavy atom. The highest BCUT2D eigenvalue weighted by atomic mass is 16.7. The Hall–Kier alpha value is -2.91. The highest BCUT2D eigenvalue weighted by molar-refractivity contribution is 6.62. The summed E-state index contributed by atoms with van der Waals surface area (Å²) < 4.78 is 24.2. The number of hydrogen-bond acceptors (Lipinski definition) is 6. The molecule has 38 heavy (non-hydrogen) atoms. The van der Waals surface area contributed by atoms with Crippen LogP contribution >= 0.6 is 0 Å². The largest absolute Gasteiger partial charge is 0.494 e. The second-order valence-corrected chi connectivity index (χ2v) is 12.0. The lowest BCUT2D eigenvalue weighted by Gasteiger charge is -2.32. The first-order valence-electron chi connectivity index (χ1n) is 13.5. The number of ether oxygens (including phenoxy) is 2. The van der Waals surface area contributed by atoms with Gasteiger partial charge in [0, 0.05) is 24.6 Å². The van der Waals surface area contributed by atoms with E-state index in [0.717, 1.165) is 69.5 Å². The third kappa shape index (κ3) is 3.77. The fourth-order valence-corrected chi connectivity index (χ4v) is 6.00. The number of methoxy groups -OCH3 is 1. The predicted octanol–water partition coefficient (Wildman–Crippen LogP) is 4.87. The van der Waals surface area contributed by atoms with E-state index in [0.29, 0.717) is 12.5 Å². The Bertz CT molecular complexity index is 1550. The third-order valence-corrected chi connectivity index (χ3v) is 8.87. The smallest absolute Gasteiger partial charge is 0.488 e. The van der Waals surface area contributed by atoms with Gasteiger partial charge in [0.25, 0.3) is 0 Å². The summed E-state index contributed by atoms with van der Waals surface area (Å²) >= 11 is 0. The van der Waals surface area contributed by atoms with Crippen LogP contribution in [-0.2, 0) is 20.7 Å². The molecule has 0 aliphatic carbocycles. The molecular formula is C30H34BN3O4. The maximum absolute atomic E-state index is 6.31. The van der Waals surface area contributed by atoms with Gasteiger partial charge in [0.1, 0.15) is 18.2 Å². The summed E-state index contributed by atoms with van der Waals surface area (Å²) in [5.41, 5.74) is 5.76. The van der Waals surface area contributed by atoms with Gasteiger partial charge < -0.3 is 29.1 Å². The molecule has 2 atom stereocenters. The zero-order valence-electron chi connectivity index (χ0n) is 22.7. The van der Waals surface area contributed by atoms with Crippen LogP contribution in [-0.4, -0.2) is 48.5 Å². The second-order valence-electron chi connectivity index (χ2n) is 12.0. The first-order valence-corrected chi connectivity index (χ1v) is 13.5. The number of aromatic amines is 1. The molecule has 0 spiro atoms. The molecule has 2 saturated heterocycles. The van der Waals surface area contributed by atoms with E-state index in [-0.39, 0.29) is 24.4 Å². The van der Waals surface area contributed by atoms with Gasteiger partial charge in [0.2, 0.25) is 0 Å². The maximum atomic E-state index is 6.31. The fraction of sp³-hybridized carbons (Fsp3) is 0.433. The normalized spacial score (nSPS) is 23.6. The molecule has 4 aromatic rings. The quantitative estimate of drug-likeness (QED) is 0.381. The van der Waals surface area contributed by atoms with E-state index >= 15 is 0 Å². The summed E-state index contributed by atoms with van der Waals surface area (Å²) in [5, 5.41) is 5.85. The van der Waals surface area contributed by atoms with Crippen molar-refractivity contribution in [3.8, 4) is 16.9 Å². The van der Waals surface area contributed by atoms with Crippen LogP contribution in [0.1, 0.15) is 51.5 Å². The molecule has 0 radical (unpaired) electrons. The number of fused-ring (bicyclic) bond motifs is 6. The van der Waals surface area contributed by atoms with E-state index < -0.39 is 0 Å². The minimum Gasteiger partial charge on any atom is -0.488 e. The highest BCUT2D eigenvalue weighted by Crippen LogP contribution is 2.42. The molecule has 0 unspecified atom stereocenters. The number of imidazole rings is 1. The summed E-state index contributed by atoms with van der Waals surface area (Å²) in [4.78, 5) is 8.60. The Balaban J connectivity index is 1.22. The van der Waals surface area contributed by atoms with Gasteiger partial charge in [-0.15, -0.1) is 0 Å². The minimum absolute atomic E-state index is 0.219. The van der Waals surface area contributed by atoms with Gasteiger partial charge in [-0.1, -0.05) is 24.3 Å². The van der Waals surface area contributed by atoms with E-state index in [2.05, 4.69) is 80.5 Å². The molecule has 2 N–H and O–H groups in total. The van der Waals surface area contributed by atoms with Crippen LogP contribution in [0.15, 0.2) is 42.5 Å². The molecule has 0 amide bonds. The number of benzene rings is 3. The van der Waals surface area contributed by atoms with E-state index in [1.807, 2.05) is 0 Å². The van der Waals surface area contributed by atoms with Gasteiger partial charge in [0.05, 0.1) is 34.9 Å². The molecule has 196 valence electrons. The van der Waals surface area contributed by atoms with Crippen molar-refractivity contribution < 1.29 is 18.8 Å². The van der Waals surface area contributed by atoms with Crippen molar-refractivity contribution >= 4 is 34.4 Å². The molecule has 7 rings (SSSR count). The second kappa shape index (κ2) is 8.55.